The summed E-state index contributed by atoms with van der Waals surface area (Å²) in [5, 5.41) is 4.13. The van der Waals surface area contributed by atoms with Crippen LogP contribution in [-0.2, 0) is 6.54 Å². The second kappa shape index (κ2) is 3.62. The molecule has 2 aromatic rings. The first-order valence-corrected chi connectivity index (χ1v) is 4.48. The molecular formula is C11H11FN2. The van der Waals surface area contributed by atoms with Crippen LogP contribution in [0.4, 0.5) is 4.39 Å². The largest absolute Gasteiger partial charge is 0.265 e. The molecule has 1 heterocycles. The molecular weight excluding hydrogens is 179 g/mol. The van der Waals surface area contributed by atoms with Gasteiger partial charge < -0.3 is 0 Å². The highest BCUT2D eigenvalue weighted by molar-refractivity contribution is 5.17. The summed E-state index contributed by atoms with van der Waals surface area (Å²) >= 11 is 0. The third kappa shape index (κ3) is 1.82. The third-order valence-corrected chi connectivity index (χ3v) is 2.15. The number of nitrogens with zero attached hydrogens (tertiary/aromatic N) is 2. The Balaban J connectivity index is 2.23. The van der Waals surface area contributed by atoms with Crippen LogP contribution in [0.5, 0.6) is 0 Å². The highest BCUT2D eigenvalue weighted by Crippen LogP contribution is 2.06. The Hall–Kier alpha value is -1.64. The molecule has 0 saturated heterocycles. The number of benzene rings is 1. The van der Waals surface area contributed by atoms with Gasteiger partial charge in [0.05, 0.1) is 6.54 Å². The lowest BCUT2D eigenvalue weighted by Gasteiger charge is -2.04. The molecule has 2 nitrogen and oxygen atoms in total. The summed E-state index contributed by atoms with van der Waals surface area (Å²) in [6, 6.07) is 8.51. The third-order valence-electron chi connectivity index (χ3n) is 2.15. The molecule has 1 aromatic heterocycles. The molecule has 0 spiro atoms. The van der Waals surface area contributed by atoms with Gasteiger partial charge in [0.25, 0.3) is 0 Å². The van der Waals surface area contributed by atoms with Gasteiger partial charge in [0, 0.05) is 11.9 Å². The zero-order chi connectivity index (χ0) is 9.97. The molecule has 2 rings (SSSR count). The van der Waals surface area contributed by atoms with Gasteiger partial charge in [-0.05, 0) is 30.7 Å². The van der Waals surface area contributed by atoms with Crippen molar-refractivity contribution in [1.29, 1.82) is 0 Å². The second-order valence-electron chi connectivity index (χ2n) is 3.26. The standard InChI is InChI=1S/C11H11FN2/c1-9-5-6-13-14(9)8-10-3-2-4-11(12)7-10/h2-7H,8H2,1H3. The summed E-state index contributed by atoms with van der Waals surface area (Å²) in [5.74, 6) is -0.202. The van der Waals surface area contributed by atoms with Crippen molar-refractivity contribution in [3.63, 3.8) is 0 Å². The Morgan fingerprint density at radius 3 is 2.86 bits per heavy atom. The summed E-state index contributed by atoms with van der Waals surface area (Å²) in [5.41, 5.74) is 2.01. The zero-order valence-corrected chi connectivity index (χ0v) is 7.94. The highest BCUT2D eigenvalue weighted by Gasteiger charge is 1.99. The molecule has 3 heteroatoms. The molecule has 0 aliphatic rings. The lowest BCUT2D eigenvalue weighted by Crippen LogP contribution is -2.03. The van der Waals surface area contributed by atoms with Gasteiger partial charge in [-0.15, -0.1) is 0 Å². The van der Waals surface area contributed by atoms with E-state index < -0.39 is 0 Å². The Labute approximate surface area is 82.0 Å². The number of aryl methyl sites for hydroxylation is 1. The van der Waals surface area contributed by atoms with Crippen molar-refractivity contribution in [3.8, 4) is 0 Å². The van der Waals surface area contributed by atoms with Gasteiger partial charge in [0.1, 0.15) is 5.82 Å². The Morgan fingerprint density at radius 1 is 1.36 bits per heavy atom. The van der Waals surface area contributed by atoms with Crippen molar-refractivity contribution < 1.29 is 4.39 Å². The number of halogens is 1. The first-order chi connectivity index (χ1) is 6.75. The molecule has 0 aliphatic heterocycles. The highest BCUT2D eigenvalue weighted by atomic mass is 19.1. The maximum atomic E-state index is 12.9. The van der Waals surface area contributed by atoms with Gasteiger partial charge in [-0.3, -0.25) is 4.68 Å². The van der Waals surface area contributed by atoms with Gasteiger partial charge in [-0.1, -0.05) is 12.1 Å². The smallest absolute Gasteiger partial charge is 0.123 e. The number of hydrogen-bond acceptors (Lipinski definition) is 1. The van der Waals surface area contributed by atoms with Crippen LogP contribution in [0.15, 0.2) is 36.5 Å². The van der Waals surface area contributed by atoms with Crippen LogP contribution in [0.3, 0.4) is 0 Å². The number of aromatic nitrogens is 2. The summed E-state index contributed by atoms with van der Waals surface area (Å²) in [7, 11) is 0. The summed E-state index contributed by atoms with van der Waals surface area (Å²) in [4.78, 5) is 0. The van der Waals surface area contributed by atoms with E-state index in [1.807, 2.05) is 23.7 Å². The van der Waals surface area contributed by atoms with Crippen molar-refractivity contribution in [3.05, 3.63) is 53.6 Å². The molecule has 0 unspecified atom stereocenters. The first-order valence-electron chi connectivity index (χ1n) is 4.48. The van der Waals surface area contributed by atoms with E-state index in [4.69, 9.17) is 0 Å². The van der Waals surface area contributed by atoms with Crippen LogP contribution in [0, 0.1) is 12.7 Å². The van der Waals surface area contributed by atoms with Gasteiger partial charge >= 0.3 is 0 Å². The van der Waals surface area contributed by atoms with Crippen LogP contribution in [0.2, 0.25) is 0 Å². The van der Waals surface area contributed by atoms with E-state index >= 15 is 0 Å². The predicted molar refractivity (Wildman–Crippen MR) is 52.5 cm³/mol. The Bertz CT molecular complexity index is 434. The van der Waals surface area contributed by atoms with Gasteiger partial charge in [-0.25, -0.2) is 4.39 Å². The molecule has 0 saturated carbocycles. The lowest BCUT2D eigenvalue weighted by atomic mass is 10.2. The topological polar surface area (TPSA) is 17.8 Å². The van der Waals surface area contributed by atoms with E-state index in [0.717, 1.165) is 11.3 Å². The Morgan fingerprint density at radius 2 is 2.21 bits per heavy atom. The monoisotopic (exact) mass is 190 g/mol. The summed E-state index contributed by atoms with van der Waals surface area (Å²) in [6.07, 6.45) is 1.74. The zero-order valence-electron chi connectivity index (χ0n) is 7.94. The molecule has 0 bridgehead atoms. The fourth-order valence-electron chi connectivity index (χ4n) is 1.37. The van der Waals surface area contributed by atoms with Crippen LogP contribution in [0.25, 0.3) is 0 Å². The Kier molecular flexibility index (Phi) is 2.31. The average Bonchev–Trinajstić information content (AvgIpc) is 2.52. The maximum Gasteiger partial charge on any atom is 0.123 e. The number of hydrogen-bond donors (Lipinski definition) is 0. The molecule has 14 heavy (non-hydrogen) atoms. The number of rotatable bonds is 2. The molecule has 1 aromatic carbocycles. The maximum absolute atomic E-state index is 12.9. The van der Waals surface area contributed by atoms with E-state index in [9.17, 15) is 4.39 Å². The molecule has 0 fully saturated rings. The van der Waals surface area contributed by atoms with E-state index in [0.29, 0.717) is 6.54 Å². The molecule has 0 amide bonds. The van der Waals surface area contributed by atoms with Crippen molar-refractivity contribution >= 4 is 0 Å². The average molecular weight is 190 g/mol. The molecule has 0 radical (unpaired) electrons. The van der Waals surface area contributed by atoms with Gasteiger partial charge in [-0.2, -0.15) is 5.10 Å². The fraction of sp³-hybridized carbons (Fsp3) is 0.182. The van der Waals surface area contributed by atoms with Crippen molar-refractivity contribution in [1.82, 2.24) is 9.78 Å². The summed E-state index contributed by atoms with van der Waals surface area (Å²) in [6.45, 7) is 2.60. The minimum atomic E-state index is -0.202. The molecule has 0 aliphatic carbocycles. The van der Waals surface area contributed by atoms with Crippen LogP contribution in [0.1, 0.15) is 11.3 Å². The lowest BCUT2D eigenvalue weighted by molar-refractivity contribution is 0.616. The minimum Gasteiger partial charge on any atom is -0.265 e. The quantitative estimate of drug-likeness (QED) is 0.711. The molecule has 0 N–H and O–H groups in total. The van der Waals surface area contributed by atoms with E-state index in [1.165, 1.54) is 12.1 Å². The van der Waals surface area contributed by atoms with Crippen molar-refractivity contribution in [2.75, 3.05) is 0 Å². The SMILES string of the molecule is Cc1ccnn1Cc1cccc(F)c1. The van der Waals surface area contributed by atoms with E-state index in [1.54, 1.807) is 12.3 Å². The fourth-order valence-corrected chi connectivity index (χ4v) is 1.37. The molecule has 72 valence electrons. The van der Waals surface area contributed by atoms with E-state index in [2.05, 4.69) is 5.10 Å². The van der Waals surface area contributed by atoms with Crippen molar-refractivity contribution in [2.45, 2.75) is 13.5 Å². The minimum absolute atomic E-state index is 0.202. The predicted octanol–water partition coefficient (Wildman–Crippen LogP) is 2.38. The van der Waals surface area contributed by atoms with Gasteiger partial charge in [0.15, 0.2) is 0 Å². The molecule has 0 atom stereocenters. The summed E-state index contributed by atoms with van der Waals surface area (Å²) < 4.78 is 14.7. The van der Waals surface area contributed by atoms with Crippen LogP contribution in [-0.4, -0.2) is 9.78 Å². The normalized spacial score (nSPS) is 10.4. The van der Waals surface area contributed by atoms with Crippen LogP contribution < -0.4 is 0 Å². The second-order valence-corrected chi connectivity index (χ2v) is 3.26. The van der Waals surface area contributed by atoms with Gasteiger partial charge in [0.2, 0.25) is 0 Å². The van der Waals surface area contributed by atoms with E-state index in [-0.39, 0.29) is 5.82 Å². The van der Waals surface area contributed by atoms with Crippen molar-refractivity contribution in [2.24, 2.45) is 0 Å². The first kappa shape index (κ1) is 8.94. The van der Waals surface area contributed by atoms with Crippen LogP contribution >= 0.6 is 0 Å².